The van der Waals surface area contributed by atoms with Gasteiger partial charge in [0.25, 0.3) is 5.69 Å². The lowest BCUT2D eigenvalue weighted by Gasteiger charge is -2.01. The maximum atomic E-state index is 10.5. The molecule has 2 rings (SSSR count). The van der Waals surface area contributed by atoms with E-state index in [4.69, 9.17) is 0 Å². The molecule has 2 aromatic rings. The first-order valence-corrected chi connectivity index (χ1v) is 4.90. The lowest BCUT2D eigenvalue weighted by atomic mass is 10.3. The second kappa shape index (κ2) is 3.93. The van der Waals surface area contributed by atoms with Gasteiger partial charge in [-0.25, -0.2) is 9.67 Å². The minimum atomic E-state index is -0.442. The molecule has 1 heterocycles. The monoisotopic (exact) mass is 236 g/mol. The molecule has 16 heavy (non-hydrogen) atoms. The van der Waals surface area contributed by atoms with Crippen LogP contribution in [0.5, 0.6) is 0 Å². The molecule has 1 aromatic heterocycles. The van der Waals surface area contributed by atoms with E-state index in [0.717, 1.165) is 5.69 Å². The average Bonchev–Trinajstić information content (AvgIpc) is 2.58. The first-order valence-electron chi connectivity index (χ1n) is 4.45. The summed E-state index contributed by atoms with van der Waals surface area (Å²) in [5.41, 5.74) is 0.767. The van der Waals surface area contributed by atoms with E-state index in [1.54, 1.807) is 23.7 Å². The molecule has 0 radical (unpaired) electrons. The van der Waals surface area contributed by atoms with E-state index in [-0.39, 0.29) is 5.69 Å². The molecule has 82 valence electrons. The van der Waals surface area contributed by atoms with Gasteiger partial charge in [-0.15, -0.1) is 17.7 Å². The predicted octanol–water partition coefficient (Wildman–Crippen LogP) is 1.77. The first-order chi connectivity index (χ1) is 7.58. The fourth-order valence-electron chi connectivity index (χ4n) is 1.34. The smallest absolute Gasteiger partial charge is 0.258 e. The second-order valence-electron chi connectivity index (χ2n) is 3.14. The maximum absolute atomic E-state index is 10.5. The molecular weight excluding hydrogens is 228 g/mol. The molecule has 0 N–H and O–H groups in total. The van der Waals surface area contributed by atoms with Crippen molar-refractivity contribution in [3.05, 3.63) is 40.2 Å². The molecule has 0 atom stereocenters. The highest BCUT2D eigenvalue weighted by Crippen LogP contribution is 2.16. The van der Waals surface area contributed by atoms with Crippen molar-refractivity contribution < 1.29 is 4.92 Å². The number of aryl methyl sites for hydroxylation is 1. The number of rotatable bonds is 2. The van der Waals surface area contributed by atoms with Crippen LogP contribution in [0.15, 0.2) is 29.4 Å². The molecule has 7 heteroatoms. The molecular formula is C9H8N4O2S. The van der Waals surface area contributed by atoms with Crippen LogP contribution in [0.4, 0.5) is 5.69 Å². The van der Waals surface area contributed by atoms with E-state index in [0.29, 0.717) is 11.0 Å². The van der Waals surface area contributed by atoms with E-state index >= 15 is 0 Å². The van der Waals surface area contributed by atoms with Gasteiger partial charge in [0.15, 0.2) is 0 Å². The van der Waals surface area contributed by atoms with Crippen LogP contribution in [0.2, 0.25) is 0 Å². The van der Waals surface area contributed by atoms with Crippen LogP contribution in [-0.4, -0.2) is 19.7 Å². The molecule has 0 aliphatic heterocycles. The number of non-ortho nitro benzene ring substituents is 1. The topological polar surface area (TPSA) is 73.8 Å². The minimum Gasteiger partial charge on any atom is -0.258 e. The van der Waals surface area contributed by atoms with Crippen LogP contribution in [0.3, 0.4) is 0 Å². The predicted molar refractivity (Wildman–Crippen MR) is 60.0 cm³/mol. The number of benzene rings is 1. The van der Waals surface area contributed by atoms with E-state index in [9.17, 15) is 10.1 Å². The highest BCUT2D eigenvalue weighted by atomic mass is 32.1. The van der Waals surface area contributed by atoms with Crippen molar-refractivity contribution in [1.29, 1.82) is 0 Å². The molecule has 0 amide bonds. The molecule has 0 fully saturated rings. The molecule has 0 unspecified atom stereocenters. The largest absolute Gasteiger partial charge is 0.269 e. The number of aromatic nitrogens is 3. The highest BCUT2D eigenvalue weighted by molar-refractivity contribution is 7.80. The van der Waals surface area contributed by atoms with Gasteiger partial charge in [0.1, 0.15) is 5.82 Å². The van der Waals surface area contributed by atoms with Gasteiger partial charge in [-0.2, -0.15) is 0 Å². The van der Waals surface area contributed by atoms with Crippen molar-refractivity contribution in [2.75, 3.05) is 0 Å². The second-order valence-corrected chi connectivity index (χ2v) is 3.54. The Morgan fingerprint density at radius 3 is 2.44 bits per heavy atom. The Bertz CT molecular complexity index is 535. The van der Waals surface area contributed by atoms with Gasteiger partial charge >= 0.3 is 0 Å². The highest BCUT2D eigenvalue weighted by Gasteiger charge is 2.08. The molecule has 0 aliphatic carbocycles. The molecule has 1 aromatic carbocycles. The molecule has 0 saturated heterocycles. The number of nitro benzene ring substituents is 1. The van der Waals surface area contributed by atoms with Crippen LogP contribution in [0.1, 0.15) is 5.82 Å². The van der Waals surface area contributed by atoms with Crippen molar-refractivity contribution in [2.24, 2.45) is 0 Å². The third-order valence-electron chi connectivity index (χ3n) is 2.06. The number of thiol groups is 1. The summed E-state index contributed by atoms with van der Waals surface area (Å²) >= 11 is 4.03. The quantitative estimate of drug-likeness (QED) is 0.490. The van der Waals surface area contributed by atoms with E-state index < -0.39 is 4.92 Å². The summed E-state index contributed by atoms with van der Waals surface area (Å²) in [5, 5.41) is 14.9. The summed E-state index contributed by atoms with van der Waals surface area (Å²) in [6, 6.07) is 6.09. The Labute approximate surface area is 96.5 Å². The van der Waals surface area contributed by atoms with Crippen LogP contribution >= 0.6 is 12.6 Å². The summed E-state index contributed by atoms with van der Waals surface area (Å²) in [6.45, 7) is 1.79. The van der Waals surface area contributed by atoms with E-state index in [1.165, 1.54) is 12.1 Å². The normalized spacial score (nSPS) is 10.4. The van der Waals surface area contributed by atoms with E-state index in [1.807, 2.05) is 0 Å². The van der Waals surface area contributed by atoms with E-state index in [2.05, 4.69) is 22.7 Å². The van der Waals surface area contributed by atoms with Gasteiger partial charge in [0.2, 0.25) is 5.16 Å². The Kier molecular flexibility index (Phi) is 2.61. The van der Waals surface area contributed by atoms with Crippen molar-refractivity contribution >= 4 is 18.3 Å². The zero-order chi connectivity index (χ0) is 11.7. The lowest BCUT2D eigenvalue weighted by molar-refractivity contribution is -0.384. The van der Waals surface area contributed by atoms with Gasteiger partial charge in [-0.05, 0) is 19.1 Å². The van der Waals surface area contributed by atoms with Crippen LogP contribution in [-0.2, 0) is 0 Å². The number of hydrogen-bond acceptors (Lipinski definition) is 5. The van der Waals surface area contributed by atoms with Crippen LogP contribution in [0.25, 0.3) is 5.69 Å². The van der Waals surface area contributed by atoms with Crippen molar-refractivity contribution in [3.8, 4) is 5.69 Å². The molecule has 0 spiro atoms. The minimum absolute atomic E-state index is 0.0487. The Morgan fingerprint density at radius 2 is 2.00 bits per heavy atom. The average molecular weight is 236 g/mol. The summed E-state index contributed by atoms with van der Waals surface area (Å²) in [4.78, 5) is 14.1. The summed E-state index contributed by atoms with van der Waals surface area (Å²) in [7, 11) is 0. The lowest BCUT2D eigenvalue weighted by Crippen LogP contribution is -1.99. The van der Waals surface area contributed by atoms with Gasteiger partial charge in [-0.1, -0.05) is 0 Å². The zero-order valence-electron chi connectivity index (χ0n) is 8.36. The molecule has 0 bridgehead atoms. The van der Waals surface area contributed by atoms with Crippen LogP contribution in [0, 0.1) is 17.0 Å². The summed E-state index contributed by atoms with van der Waals surface area (Å²) < 4.78 is 1.58. The number of hydrogen-bond donors (Lipinski definition) is 1. The molecule has 6 nitrogen and oxygen atoms in total. The summed E-state index contributed by atoms with van der Waals surface area (Å²) in [5.74, 6) is 0.679. The Hall–Kier alpha value is -1.89. The maximum Gasteiger partial charge on any atom is 0.269 e. The van der Waals surface area contributed by atoms with Crippen molar-refractivity contribution in [1.82, 2.24) is 14.8 Å². The fourth-order valence-corrected chi connectivity index (χ4v) is 1.57. The van der Waals surface area contributed by atoms with Crippen LogP contribution < -0.4 is 0 Å². The number of nitrogens with zero attached hydrogens (tertiary/aromatic N) is 4. The van der Waals surface area contributed by atoms with Gasteiger partial charge in [0.05, 0.1) is 10.6 Å². The van der Waals surface area contributed by atoms with Gasteiger partial charge in [0, 0.05) is 12.1 Å². The fraction of sp³-hybridized carbons (Fsp3) is 0.111. The SMILES string of the molecule is Cc1nc(S)nn1-c1ccc([N+](=O)[O-])cc1. The van der Waals surface area contributed by atoms with Crippen molar-refractivity contribution in [3.63, 3.8) is 0 Å². The van der Waals surface area contributed by atoms with Crippen molar-refractivity contribution in [2.45, 2.75) is 12.1 Å². The zero-order valence-corrected chi connectivity index (χ0v) is 9.26. The molecule has 0 saturated carbocycles. The molecule has 0 aliphatic rings. The van der Waals surface area contributed by atoms with Gasteiger partial charge < -0.3 is 0 Å². The first kappa shape index (κ1) is 10.6. The van der Waals surface area contributed by atoms with Gasteiger partial charge in [-0.3, -0.25) is 10.1 Å². The third-order valence-corrected chi connectivity index (χ3v) is 2.25. The Morgan fingerprint density at radius 1 is 1.38 bits per heavy atom. The third kappa shape index (κ3) is 1.89. The standard InChI is InChI=1S/C9H8N4O2S/c1-6-10-9(16)11-12(6)7-2-4-8(5-3-7)13(14)15/h2-5H,1H3,(H,11,16). The number of nitro groups is 1. The Balaban J connectivity index is 2.42. The summed E-state index contributed by atoms with van der Waals surface area (Å²) in [6.07, 6.45) is 0.